The molecule has 112 valence electrons. The van der Waals surface area contributed by atoms with Crippen LogP contribution in [0, 0.1) is 0 Å². The molecule has 1 unspecified atom stereocenters. The van der Waals surface area contributed by atoms with Gasteiger partial charge in [0.05, 0.1) is 20.3 Å². The summed E-state index contributed by atoms with van der Waals surface area (Å²) in [6, 6.07) is 5.43. The number of morpholine rings is 1. The number of methoxy groups -OCH3 is 1. The summed E-state index contributed by atoms with van der Waals surface area (Å²) in [4.78, 5) is 2.35. The van der Waals surface area contributed by atoms with Crippen molar-refractivity contribution in [1.29, 1.82) is 0 Å². The number of ether oxygens (including phenoxy) is 3. The maximum absolute atomic E-state index is 9.18. The smallest absolute Gasteiger partial charge is 0.161 e. The summed E-state index contributed by atoms with van der Waals surface area (Å²) >= 11 is 0. The molecule has 1 atom stereocenters. The van der Waals surface area contributed by atoms with Gasteiger partial charge < -0.3 is 19.3 Å². The number of hydrogen-bond donors (Lipinski definition) is 1. The van der Waals surface area contributed by atoms with Gasteiger partial charge in [-0.3, -0.25) is 4.90 Å². The lowest BCUT2D eigenvalue weighted by Crippen LogP contribution is -2.44. The van der Waals surface area contributed by atoms with Crippen molar-refractivity contribution in [1.82, 2.24) is 4.90 Å². The van der Waals surface area contributed by atoms with Crippen LogP contribution < -0.4 is 9.47 Å². The summed E-state index contributed by atoms with van der Waals surface area (Å²) in [6.07, 6.45) is 0.0752. The van der Waals surface area contributed by atoms with Crippen molar-refractivity contribution in [3.8, 4) is 11.5 Å². The van der Waals surface area contributed by atoms with Crippen LogP contribution in [-0.2, 0) is 11.3 Å². The highest BCUT2D eigenvalue weighted by atomic mass is 16.5. The minimum absolute atomic E-state index is 0.0100. The molecule has 0 saturated carbocycles. The van der Waals surface area contributed by atoms with Crippen molar-refractivity contribution in [2.75, 3.05) is 40.0 Å². The van der Waals surface area contributed by atoms with Crippen LogP contribution in [0.5, 0.6) is 11.5 Å². The molecule has 1 aromatic rings. The molecule has 1 aliphatic heterocycles. The molecule has 1 fully saturated rings. The topological polar surface area (TPSA) is 51.2 Å². The van der Waals surface area contributed by atoms with Gasteiger partial charge in [0.1, 0.15) is 12.7 Å². The predicted octanol–water partition coefficient (Wildman–Crippen LogP) is 1.29. The van der Waals surface area contributed by atoms with E-state index in [2.05, 4.69) is 11.8 Å². The van der Waals surface area contributed by atoms with E-state index in [0.29, 0.717) is 18.1 Å². The number of hydrogen-bond acceptors (Lipinski definition) is 5. The standard InChI is InChI=1S/C15H23NO4/c1-3-16-6-7-19-13(9-16)11-20-15-8-12(10-17)4-5-14(15)18-2/h4-5,8,13,17H,3,6-7,9-11H2,1-2H3. The van der Waals surface area contributed by atoms with E-state index in [0.717, 1.165) is 31.8 Å². The number of nitrogens with zero attached hydrogens (tertiary/aromatic N) is 1. The first kappa shape index (κ1) is 15.1. The first-order chi connectivity index (χ1) is 9.76. The lowest BCUT2D eigenvalue weighted by Gasteiger charge is -2.31. The zero-order chi connectivity index (χ0) is 14.4. The van der Waals surface area contributed by atoms with Gasteiger partial charge in [0.25, 0.3) is 0 Å². The maximum atomic E-state index is 9.18. The van der Waals surface area contributed by atoms with E-state index in [1.165, 1.54) is 0 Å². The van der Waals surface area contributed by atoms with Gasteiger partial charge in [0, 0.05) is 13.1 Å². The second-order valence-electron chi connectivity index (χ2n) is 4.84. The summed E-state index contributed by atoms with van der Waals surface area (Å²) in [5.74, 6) is 1.32. The number of aliphatic hydroxyl groups excluding tert-OH is 1. The summed E-state index contributed by atoms with van der Waals surface area (Å²) in [7, 11) is 1.61. The monoisotopic (exact) mass is 281 g/mol. The van der Waals surface area contributed by atoms with Crippen LogP contribution in [0.1, 0.15) is 12.5 Å². The molecule has 1 heterocycles. The Morgan fingerprint density at radius 3 is 2.95 bits per heavy atom. The van der Waals surface area contributed by atoms with Gasteiger partial charge in [-0.05, 0) is 24.2 Å². The summed E-state index contributed by atoms with van der Waals surface area (Å²) in [6.45, 7) is 6.27. The molecule has 20 heavy (non-hydrogen) atoms. The Morgan fingerprint density at radius 2 is 2.25 bits per heavy atom. The van der Waals surface area contributed by atoms with Crippen LogP contribution in [0.2, 0.25) is 0 Å². The van der Waals surface area contributed by atoms with Crippen LogP contribution in [0.15, 0.2) is 18.2 Å². The second-order valence-corrected chi connectivity index (χ2v) is 4.84. The van der Waals surface area contributed by atoms with E-state index in [-0.39, 0.29) is 12.7 Å². The first-order valence-electron chi connectivity index (χ1n) is 7.01. The molecule has 0 radical (unpaired) electrons. The van der Waals surface area contributed by atoms with E-state index in [9.17, 15) is 5.11 Å². The predicted molar refractivity (Wildman–Crippen MR) is 76.3 cm³/mol. The summed E-state index contributed by atoms with van der Waals surface area (Å²) < 4.78 is 16.8. The number of aliphatic hydroxyl groups is 1. The van der Waals surface area contributed by atoms with Crippen molar-refractivity contribution < 1.29 is 19.3 Å². The molecule has 1 N–H and O–H groups in total. The highest BCUT2D eigenvalue weighted by Crippen LogP contribution is 2.28. The fourth-order valence-electron chi connectivity index (χ4n) is 2.28. The average Bonchev–Trinajstić information content (AvgIpc) is 2.52. The quantitative estimate of drug-likeness (QED) is 0.851. The fourth-order valence-corrected chi connectivity index (χ4v) is 2.28. The van der Waals surface area contributed by atoms with Gasteiger partial charge in [0.15, 0.2) is 11.5 Å². The Balaban J connectivity index is 1.95. The molecule has 0 amide bonds. The highest BCUT2D eigenvalue weighted by molar-refractivity contribution is 5.42. The van der Waals surface area contributed by atoms with Crippen LogP contribution in [0.25, 0.3) is 0 Å². The van der Waals surface area contributed by atoms with Crippen molar-refractivity contribution in [2.24, 2.45) is 0 Å². The molecule has 0 aromatic heterocycles. The van der Waals surface area contributed by atoms with E-state index >= 15 is 0 Å². The van der Waals surface area contributed by atoms with Crippen LogP contribution >= 0.6 is 0 Å². The average molecular weight is 281 g/mol. The first-order valence-corrected chi connectivity index (χ1v) is 7.01. The SMILES string of the molecule is CCN1CCOC(COc2cc(CO)ccc2OC)C1. The van der Waals surface area contributed by atoms with Gasteiger partial charge in [-0.15, -0.1) is 0 Å². The summed E-state index contributed by atoms with van der Waals surface area (Å²) in [5.41, 5.74) is 0.806. The summed E-state index contributed by atoms with van der Waals surface area (Å²) in [5, 5.41) is 9.18. The third kappa shape index (κ3) is 3.85. The Bertz CT molecular complexity index is 424. The van der Waals surface area contributed by atoms with Crippen LogP contribution in [0.3, 0.4) is 0 Å². The molecular formula is C15H23NO4. The van der Waals surface area contributed by atoms with Crippen molar-refractivity contribution in [3.05, 3.63) is 23.8 Å². The van der Waals surface area contributed by atoms with Crippen LogP contribution in [-0.4, -0.2) is 56.1 Å². The second kappa shape index (κ2) is 7.47. The van der Waals surface area contributed by atoms with Crippen molar-refractivity contribution in [3.63, 3.8) is 0 Å². The zero-order valence-corrected chi connectivity index (χ0v) is 12.2. The molecule has 1 aliphatic rings. The molecular weight excluding hydrogens is 258 g/mol. The van der Waals surface area contributed by atoms with E-state index < -0.39 is 0 Å². The maximum Gasteiger partial charge on any atom is 0.161 e. The molecule has 5 nitrogen and oxygen atoms in total. The Kier molecular flexibility index (Phi) is 5.64. The molecule has 2 rings (SSSR count). The van der Waals surface area contributed by atoms with E-state index in [1.54, 1.807) is 19.2 Å². The Hall–Kier alpha value is -1.30. The lowest BCUT2D eigenvalue weighted by molar-refractivity contribution is -0.0466. The number of likely N-dealkylation sites (N-methyl/N-ethyl adjacent to an activating group) is 1. The molecule has 5 heteroatoms. The van der Waals surface area contributed by atoms with Gasteiger partial charge >= 0.3 is 0 Å². The fraction of sp³-hybridized carbons (Fsp3) is 0.600. The number of benzene rings is 1. The lowest BCUT2D eigenvalue weighted by atomic mass is 10.2. The highest BCUT2D eigenvalue weighted by Gasteiger charge is 2.20. The molecule has 0 spiro atoms. The minimum atomic E-state index is -0.0100. The van der Waals surface area contributed by atoms with Gasteiger partial charge in [0.2, 0.25) is 0 Å². The molecule has 1 aromatic carbocycles. The Morgan fingerprint density at radius 1 is 1.40 bits per heavy atom. The van der Waals surface area contributed by atoms with E-state index in [4.69, 9.17) is 14.2 Å². The zero-order valence-electron chi connectivity index (χ0n) is 12.2. The minimum Gasteiger partial charge on any atom is -0.493 e. The normalized spacial score (nSPS) is 19.9. The molecule has 1 saturated heterocycles. The van der Waals surface area contributed by atoms with Gasteiger partial charge in [-0.25, -0.2) is 0 Å². The van der Waals surface area contributed by atoms with Crippen molar-refractivity contribution >= 4 is 0 Å². The third-order valence-electron chi connectivity index (χ3n) is 3.51. The van der Waals surface area contributed by atoms with Gasteiger partial charge in [-0.1, -0.05) is 13.0 Å². The molecule has 0 aliphatic carbocycles. The molecule has 0 bridgehead atoms. The van der Waals surface area contributed by atoms with Gasteiger partial charge in [-0.2, -0.15) is 0 Å². The largest absolute Gasteiger partial charge is 0.493 e. The van der Waals surface area contributed by atoms with Crippen LogP contribution in [0.4, 0.5) is 0 Å². The Labute approximate surface area is 120 Å². The van der Waals surface area contributed by atoms with Crippen molar-refractivity contribution in [2.45, 2.75) is 19.6 Å². The third-order valence-corrected chi connectivity index (χ3v) is 3.51. The van der Waals surface area contributed by atoms with E-state index in [1.807, 2.05) is 6.07 Å². The number of rotatable bonds is 6.